The average molecular weight is 474 g/mol. The van der Waals surface area contributed by atoms with Crippen LogP contribution >= 0.6 is 11.8 Å². The van der Waals surface area contributed by atoms with Gasteiger partial charge in [0.25, 0.3) is 5.56 Å². The first-order valence-electron chi connectivity index (χ1n) is 10.9. The van der Waals surface area contributed by atoms with Crippen molar-refractivity contribution in [3.8, 4) is 22.9 Å². The Morgan fingerprint density at radius 3 is 2.68 bits per heavy atom. The van der Waals surface area contributed by atoms with Crippen molar-refractivity contribution in [2.24, 2.45) is 0 Å². The number of hydrogen-bond donors (Lipinski definition) is 1. The summed E-state index contributed by atoms with van der Waals surface area (Å²) < 4.78 is 13.6. The fraction of sp³-hybridized carbons (Fsp3) is 0.200. The molecular weight excluding hydrogens is 450 g/mol. The fourth-order valence-corrected chi connectivity index (χ4v) is 4.65. The molecule has 9 heteroatoms. The highest BCUT2D eigenvalue weighted by Gasteiger charge is 2.19. The Hall–Kier alpha value is -3.85. The number of aromatic nitrogens is 5. The quantitative estimate of drug-likeness (QED) is 0.329. The summed E-state index contributed by atoms with van der Waals surface area (Å²) in [5, 5.41) is 0.654. The van der Waals surface area contributed by atoms with E-state index < -0.39 is 0 Å². The molecule has 0 unspecified atom stereocenters. The number of nitrogens with zero attached hydrogens (tertiary/aromatic N) is 4. The van der Waals surface area contributed by atoms with Gasteiger partial charge < -0.3 is 14.1 Å². The number of imidazole rings is 1. The topological polar surface area (TPSA) is 98.8 Å². The molecule has 34 heavy (non-hydrogen) atoms. The van der Waals surface area contributed by atoms with Gasteiger partial charge in [-0.3, -0.25) is 9.36 Å². The van der Waals surface area contributed by atoms with Crippen LogP contribution in [0.3, 0.4) is 0 Å². The molecule has 0 saturated carbocycles. The summed E-state index contributed by atoms with van der Waals surface area (Å²) in [7, 11) is 0. The van der Waals surface area contributed by atoms with Crippen LogP contribution in [0.4, 0.5) is 0 Å². The van der Waals surface area contributed by atoms with Crippen LogP contribution in [0.15, 0.2) is 69.2 Å². The molecule has 172 valence electrons. The van der Waals surface area contributed by atoms with Crippen molar-refractivity contribution in [2.45, 2.75) is 31.7 Å². The van der Waals surface area contributed by atoms with Crippen molar-refractivity contribution in [2.75, 3.05) is 6.61 Å². The van der Waals surface area contributed by atoms with E-state index in [4.69, 9.17) is 14.1 Å². The van der Waals surface area contributed by atoms with Gasteiger partial charge in [-0.15, -0.1) is 0 Å². The Morgan fingerprint density at radius 2 is 1.88 bits per heavy atom. The lowest BCUT2D eigenvalue weighted by molar-refractivity contribution is 0.340. The SMILES string of the molecule is CCOc1ccccc1-c1nc(CSc2nc3c(=O)[nH]cnc3n2-c2ccc(C)cc2)c(C)o1. The molecule has 0 spiro atoms. The number of hydrogen-bond acceptors (Lipinski definition) is 7. The van der Waals surface area contributed by atoms with E-state index in [2.05, 4.69) is 15.0 Å². The van der Waals surface area contributed by atoms with Crippen LogP contribution in [-0.2, 0) is 5.75 Å². The van der Waals surface area contributed by atoms with Gasteiger partial charge in [0, 0.05) is 11.4 Å². The van der Waals surface area contributed by atoms with Crippen LogP contribution in [0.2, 0.25) is 0 Å². The van der Waals surface area contributed by atoms with Gasteiger partial charge in [0.2, 0.25) is 5.89 Å². The normalized spacial score (nSPS) is 11.3. The first-order valence-corrected chi connectivity index (χ1v) is 11.9. The number of oxazole rings is 1. The number of ether oxygens (including phenoxy) is 1. The van der Waals surface area contributed by atoms with Crippen LogP contribution in [-0.4, -0.2) is 31.1 Å². The number of aryl methyl sites for hydroxylation is 2. The van der Waals surface area contributed by atoms with Gasteiger partial charge in [-0.2, -0.15) is 0 Å². The summed E-state index contributed by atoms with van der Waals surface area (Å²) in [4.78, 5) is 28.7. The van der Waals surface area contributed by atoms with Crippen molar-refractivity contribution >= 4 is 22.9 Å². The molecule has 0 fully saturated rings. The first-order chi connectivity index (χ1) is 16.5. The van der Waals surface area contributed by atoms with E-state index in [-0.39, 0.29) is 5.56 Å². The van der Waals surface area contributed by atoms with E-state index in [1.165, 1.54) is 18.1 Å². The number of rotatable bonds is 7. The summed E-state index contributed by atoms with van der Waals surface area (Å²) in [5.74, 6) is 2.49. The van der Waals surface area contributed by atoms with Crippen molar-refractivity contribution < 1.29 is 9.15 Å². The Labute approximate surface area is 200 Å². The fourth-order valence-electron chi connectivity index (χ4n) is 3.64. The number of H-pyrrole nitrogens is 1. The zero-order valence-corrected chi connectivity index (χ0v) is 19.8. The molecule has 5 aromatic rings. The van der Waals surface area contributed by atoms with Crippen molar-refractivity contribution in [3.05, 3.63) is 82.2 Å². The highest BCUT2D eigenvalue weighted by Crippen LogP contribution is 2.33. The highest BCUT2D eigenvalue weighted by atomic mass is 32.2. The molecule has 0 radical (unpaired) electrons. The number of para-hydroxylation sites is 1. The third kappa shape index (κ3) is 4.10. The third-order valence-corrected chi connectivity index (χ3v) is 6.31. The number of benzene rings is 2. The van der Waals surface area contributed by atoms with E-state index in [1.807, 2.05) is 73.9 Å². The minimum atomic E-state index is -0.273. The van der Waals surface area contributed by atoms with E-state index in [0.29, 0.717) is 34.6 Å². The van der Waals surface area contributed by atoms with Crippen LogP contribution in [0.25, 0.3) is 28.3 Å². The zero-order valence-electron chi connectivity index (χ0n) is 19.0. The maximum absolute atomic E-state index is 12.4. The Bertz CT molecular complexity index is 1520. The molecule has 5 rings (SSSR count). The highest BCUT2D eigenvalue weighted by molar-refractivity contribution is 7.98. The Kier molecular flexibility index (Phi) is 5.93. The maximum Gasteiger partial charge on any atom is 0.278 e. The summed E-state index contributed by atoms with van der Waals surface area (Å²) in [6.07, 6.45) is 1.40. The molecule has 0 aliphatic heterocycles. The lowest BCUT2D eigenvalue weighted by Crippen LogP contribution is -2.07. The molecule has 3 heterocycles. The summed E-state index contributed by atoms with van der Waals surface area (Å²) in [5.41, 5.74) is 4.18. The summed E-state index contributed by atoms with van der Waals surface area (Å²) in [6.45, 7) is 6.43. The minimum absolute atomic E-state index is 0.273. The number of fused-ring (bicyclic) bond motifs is 1. The van der Waals surface area contributed by atoms with Crippen molar-refractivity contribution in [3.63, 3.8) is 0 Å². The van der Waals surface area contributed by atoms with Crippen LogP contribution < -0.4 is 10.3 Å². The monoisotopic (exact) mass is 473 g/mol. The van der Waals surface area contributed by atoms with Gasteiger partial charge in [0.15, 0.2) is 16.3 Å². The zero-order chi connectivity index (χ0) is 23.7. The van der Waals surface area contributed by atoms with E-state index >= 15 is 0 Å². The molecule has 0 saturated heterocycles. The van der Waals surface area contributed by atoms with E-state index in [1.54, 1.807) is 0 Å². The predicted molar refractivity (Wildman–Crippen MR) is 132 cm³/mol. The van der Waals surface area contributed by atoms with E-state index in [0.717, 1.165) is 34.0 Å². The van der Waals surface area contributed by atoms with Gasteiger partial charge in [0.05, 0.1) is 24.2 Å². The molecule has 1 N–H and O–H groups in total. The van der Waals surface area contributed by atoms with Crippen LogP contribution in [0.5, 0.6) is 5.75 Å². The minimum Gasteiger partial charge on any atom is -0.493 e. The van der Waals surface area contributed by atoms with Gasteiger partial charge in [0.1, 0.15) is 11.5 Å². The first kappa shape index (κ1) is 22.0. The second kappa shape index (κ2) is 9.18. The van der Waals surface area contributed by atoms with Crippen LogP contribution in [0, 0.1) is 13.8 Å². The Balaban J connectivity index is 1.50. The largest absolute Gasteiger partial charge is 0.493 e. The summed E-state index contributed by atoms with van der Waals surface area (Å²) in [6, 6.07) is 15.7. The molecule has 2 aromatic carbocycles. The number of thioether (sulfide) groups is 1. The second-order valence-corrected chi connectivity index (χ2v) is 8.65. The van der Waals surface area contributed by atoms with Gasteiger partial charge in [-0.05, 0) is 45.0 Å². The lowest BCUT2D eigenvalue weighted by atomic mass is 10.2. The van der Waals surface area contributed by atoms with Gasteiger partial charge >= 0.3 is 0 Å². The second-order valence-electron chi connectivity index (χ2n) is 7.71. The smallest absolute Gasteiger partial charge is 0.278 e. The standard InChI is InChI=1S/C25H23N5O3S/c1-4-32-20-8-6-5-7-18(20)24-28-19(16(3)33-24)13-34-25-29-21-22(26-14-27-23(21)31)30(25)17-11-9-15(2)10-12-17/h5-12,14H,4,13H2,1-3H3,(H,26,27,31). The molecular formula is C25H23N5O3S. The molecule has 0 aliphatic rings. The van der Waals surface area contributed by atoms with Gasteiger partial charge in [-0.25, -0.2) is 15.0 Å². The van der Waals surface area contributed by atoms with Crippen molar-refractivity contribution in [1.82, 2.24) is 24.5 Å². The molecule has 3 aromatic heterocycles. The number of aromatic amines is 1. The molecule has 0 atom stereocenters. The Morgan fingerprint density at radius 1 is 1.09 bits per heavy atom. The van der Waals surface area contributed by atoms with E-state index in [9.17, 15) is 4.79 Å². The van der Waals surface area contributed by atoms with Gasteiger partial charge in [-0.1, -0.05) is 41.6 Å². The summed E-state index contributed by atoms with van der Waals surface area (Å²) >= 11 is 1.48. The predicted octanol–water partition coefficient (Wildman–Crippen LogP) is 5.07. The molecule has 0 aliphatic carbocycles. The third-order valence-electron chi connectivity index (χ3n) is 5.36. The maximum atomic E-state index is 12.4. The average Bonchev–Trinajstić information content (AvgIpc) is 3.40. The van der Waals surface area contributed by atoms with Crippen LogP contribution in [0.1, 0.15) is 23.9 Å². The molecule has 8 nitrogen and oxygen atoms in total. The molecule has 0 bridgehead atoms. The molecule has 0 amide bonds. The lowest BCUT2D eigenvalue weighted by Gasteiger charge is -2.08. The van der Waals surface area contributed by atoms with Crippen molar-refractivity contribution in [1.29, 1.82) is 0 Å². The number of nitrogens with one attached hydrogen (secondary N) is 1.